The molecule has 1 unspecified atom stereocenters. The molecule has 112 valence electrons. The second kappa shape index (κ2) is 5.85. The summed E-state index contributed by atoms with van der Waals surface area (Å²) in [6.45, 7) is 2.20. The highest BCUT2D eigenvalue weighted by atomic mass is 14.8. The fourth-order valence-corrected chi connectivity index (χ4v) is 3.36. The molecular weight excluding hydrogens is 278 g/mol. The molecule has 3 aromatic carbocycles. The van der Waals surface area contributed by atoms with Crippen LogP contribution in [0.4, 0.5) is 0 Å². The highest BCUT2D eigenvalue weighted by Gasteiger charge is 2.21. The van der Waals surface area contributed by atoms with Crippen LogP contribution in [0.3, 0.4) is 0 Å². The van der Waals surface area contributed by atoms with Gasteiger partial charge < -0.3 is 0 Å². The number of hydrogen-bond acceptors (Lipinski definition) is 1. The second-order valence-corrected chi connectivity index (χ2v) is 6.10. The van der Waals surface area contributed by atoms with Crippen LogP contribution in [-0.2, 0) is 6.42 Å². The smallest absolute Gasteiger partial charge is 0.0731 e. The Balaban J connectivity index is 1.92. The van der Waals surface area contributed by atoms with Crippen LogP contribution in [0.15, 0.2) is 83.9 Å². The summed E-state index contributed by atoms with van der Waals surface area (Å²) in [6, 6.07) is 28.1. The van der Waals surface area contributed by atoms with Gasteiger partial charge in [0.1, 0.15) is 0 Å². The lowest BCUT2D eigenvalue weighted by Crippen LogP contribution is -2.20. The Bertz CT molecular complexity index is 862. The summed E-state index contributed by atoms with van der Waals surface area (Å²) < 4.78 is 0. The van der Waals surface area contributed by atoms with Crippen molar-refractivity contribution in [2.45, 2.75) is 19.4 Å². The van der Waals surface area contributed by atoms with Gasteiger partial charge in [-0.05, 0) is 30.0 Å². The average Bonchev–Trinajstić information content (AvgIpc) is 2.62. The van der Waals surface area contributed by atoms with Crippen LogP contribution in [0.1, 0.15) is 23.6 Å². The van der Waals surface area contributed by atoms with Crippen molar-refractivity contribution in [3.05, 3.63) is 95.6 Å². The maximum absolute atomic E-state index is 5.00. The number of benzene rings is 3. The first-order valence-corrected chi connectivity index (χ1v) is 8.14. The highest BCUT2D eigenvalue weighted by Crippen LogP contribution is 2.29. The topological polar surface area (TPSA) is 12.4 Å². The van der Waals surface area contributed by atoms with Gasteiger partial charge in [-0.2, -0.15) is 0 Å². The van der Waals surface area contributed by atoms with E-state index < -0.39 is 0 Å². The van der Waals surface area contributed by atoms with E-state index in [-0.39, 0.29) is 0 Å². The Hall–Kier alpha value is -2.67. The first-order chi connectivity index (χ1) is 11.3. The second-order valence-electron chi connectivity index (χ2n) is 6.10. The predicted molar refractivity (Wildman–Crippen MR) is 97.1 cm³/mol. The van der Waals surface area contributed by atoms with E-state index in [2.05, 4.69) is 85.8 Å². The normalized spacial score (nSPS) is 16.6. The molecule has 1 aliphatic heterocycles. The van der Waals surface area contributed by atoms with Gasteiger partial charge >= 0.3 is 0 Å². The van der Waals surface area contributed by atoms with E-state index in [1.165, 1.54) is 27.8 Å². The van der Waals surface area contributed by atoms with Gasteiger partial charge in [-0.25, -0.2) is 0 Å². The monoisotopic (exact) mass is 297 g/mol. The SMILES string of the molecule is CC1Cc2ccccc2C(c2ccccc2-c2ccccc2)=N1. The van der Waals surface area contributed by atoms with Gasteiger partial charge in [0.2, 0.25) is 0 Å². The summed E-state index contributed by atoms with van der Waals surface area (Å²) in [4.78, 5) is 5.00. The molecule has 1 heterocycles. The summed E-state index contributed by atoms with van der Waals surface area (Å²) >= 11 is 0. The molecule has 0 N–H and O–H groups in total. The molecule has 1 aliphatic rings. The maximum atomic E-state index is 5.00. The van der Waals surface area contributed by atoms with Crippen LogP contribution >= 0.6 is 0 Å². The average molecular weight is 297 g/mol. The van der Waals surface area contributed by atoms with Gasteiger partial charge in [0, 0.05) is 11.1 Å². The van der Waals surface area contributed by atoms with Crippen LogP contribution in [0.5, 0.6) is 0 Å². The van der Waals surface area contributed by atoms with Gasteiger partial charge in [-0.1, -0.05) is 78.9 Å². The molecule has 0 saturated heterocycles. The molecule has 1 nitrogen and oxygen atoms in total. The molecule has 0 spiro atoms. The number of aliphatic imine (C=N–C) groups is 1. The molecule has 23 heavy (non-hydrogen) atoms. The summed E-state index contributed by atoms with van der Waals surface area (Å²) in [5.41, 5.74) is 7.50. The fourth-order valence-electron chi connectivity index (χ4n) is 3.36. The zero-order valence-electron chi connectivity index (χ0n) is 13.2. The third-order valence-corrected chi connectivity index (χ3v) is 4.40. The van der Waals surface area contributed by atoms with Crippen molar-refractivity contribution in [1.82, 2.24) is 0 Å². The Kier molecular flexibility index (Phi) is 3.55. The molecule has 0 radical (unpaired) electrons. The summed E-state index contributed by atoms with van der Waals surface area (Å²) in [5.74, 6) is 0. The summed E-state index contributed by atoms with van der Waals surface area (Å²) in [6.07, 6.45) is 1.02. The van der Waals surface area contributed by atoms with Gasteiger partial charge in [-0.3, -0.25) is 4.99 Å². The van der Waals surface area contributed by atoms with Crippen molar-refractivity contribution in [3.63, 3.8) is 0 Å². The standard InChI is InChI=1S/C22H19N/c1-16-15-18-11-5-6-13-20(18)22(23-16)21-14-8-7-12-19(21)17-9-3-2-4-10-17/h2-14,16H,15H2,1H3. The first kappa shape index (κ1) is 14.0. The first-order valence-electron chi connectivity index (χ1n) is 8.14. The lowest BCUT2D eigenvalue weighted by atomic mass is 9.87. The Morgan fingerprint density at radius 1 is 0.696 bits per heavy atom. The Morgan fingerprint density at radius 3 is 2.09 bits per heavy atom. The van der Waals surface area contributed by atoms with E-state index >= 15 is 0 Å². The lowest BCUT2D eigenvalue weighted by Gasteiger charge is -2.23. The van der Waals surface area contributed by atoms with Crippen LogP contribution in [0, 0.1) is 0 Å². The van der Waals surface area contributed by atoms with Crippen molar-refractivity contribution in [2.24, 2.45) is 4.99 Å². The van der Waals surface area contributed by atoms with Crippen molar-refractivity contribution in [1.29, 1.82) is 0 Å². The molecule has 3 aromatic rings. The van der Waals surface area contributed by atoms with Crippen molar-refractivity contribution in [2.75, 3.05) is 0 Å². The molecule has 1 heteroatoms. The van der Waals surface area contributed by atoms with E-state index in [1.807, 2.05) is 0 Å². The third kappa shape index (κ3) is 2.59. The van der Waals surface area contributed by atoms with Crippen LogP contribution < -0.4 is 0 Å². The van der Waals surface area contributed by atoms with E-state index in [4.69, 9.17) is 4.99 Å². The van der Waals surface area contributed by atoms with Gasteiger partial charge in [0.25, 0.3) is 0 Å². The molecular formula is C22H19N. The number of hydrogen-bond donors (Lipinski definition) is 0. The third-order valence-electron chi connectivity index (χ3n) is 4.40. The molecule has 0 aromatic heterocycles. The van der Waals surface area contributed by atoms with Crippen LogP contribution in [0.2, 0.25) is 0 Å². The van der Waals surface area contributed by atoms with E-state index in [1.54, 1.807) is 0 Å². The minimum absolute atomic E-state index is 0.323. The molecule has 0 bridgehead atoms. The minimum Gasteiger partial charge on any atom is -0.281 e. The number of rotatable bonds is 2. The van der Waals surface area contributed by atoms with Crippen molar-refractivity contribution >= 4 is 5.71 Å². The summed E-state index contributed by atoms with van der Waals surface area (Å²) in [7, 11) is 0. The van der Waals surface area contributed by atoms with Gasteiger partial charge in [-0.15, -0.1) is 0 Å². The molecule has 0 amide bonds. The summed E-state index contributed by atoms with van der Waals surface area (Å²) in [5, 5.41) is 0. The van der Waals surface area contributed by atoms with E-state index in [9.17, 15) is 0 Å². The molecule has 4 rings (SSSR count). The number of nitrogens with zero attached hydrogens (tertiary/aromatic N) is 1. The molecule has 1 atom stereocenters. The minimum atomic E-state index is 0.323. The van der Waals surface area contributed by atoms with E-state index in [0.29, 0.717) is 6.04 Å². The largest absolute Gasteiger partial charge is 0.281 e. The van der Waals surface area contributed by atoms with Gasteiger partial charge in [0.05, 0.1) is 11.8 Å². The maximum Gasteiger partial charge on any atom is 0.0731 e. The highest BCUT2D eigenvalue weighted by molar-refractivity contribution is 6.17. The fraction of sp³-hybridized carbons (Fsp3) is 0.136. The zero-order chi connectivity index (χ0) is 15.6. The zero-order valence-corrected chi connectivity index (χ0v) is 13.2. The van der Waals surface area contributed by atoms with Crippen molar-refractivity contribution in [3.8, 4) is 11.1 Å². The lowest BCUT2D eigenvalue weighted by molar-refractivity contribution is 0.728. The molecule has 0 aliphatic carbocycles. The number of fused-ring (bicyclic) bond motifs is 1. The van der Waals surface area contributed by atoms with E-state index in [0.717, 1.165) is 12.1 Å². The molecule has 0 saturated carbocycles. The Morgan fingerprint density at radius 2 is 1.30 bits per heavy atom. The quantitative estimate of drug-likeness (QED) is 0.621. The van der Waals surface area contributed by atoms with Crippen LogP contribution in [0.25, 0.3) is 11.1 Å². The van der Waals surface area contributed by atoms with Gasteiger partial charge in [0.15, 0.2) is 0 Å². The van der Waals surface area contributed by atoms with Crippen molar-refractivity contribution < 1.29 is 0 Å². The molecule has 0 fully saturated rings. The van der Waals surface area contributed by atoms with Crippen LogP contribution in [-0.4, -0.2) is 11.8 Å². The predicted octanol–water partition coefficient (Wildman–Crippen LogP) is 5.14. The Labute approximate surface area is 137 Å².